The van der Waals surface area contributed by atoms with Crippen LogP contribution in [0.4, 0.5) is 0 Å². The molecule has 0 N–H and O–H groups in total. The summed E-state index contributed by atoms with van der Waals surface area (Å²) in [5.74, 6) is 2.37. The zero-order valence-electron chi connectivity index (χ0n) is 65.5. The highest BCUT2D eigenvalue weighted by Gasteiger charge is 2.35. The summed E-state index contributed by atoms with van der Waals surface area (Å²) in [6.07, 6.45) is 6.91. The second-order valence-corrected chi connectivity index (χ2v) is 30.6. The van der Waals surface area contributed by atoms with Gasteiger partial charge >= 0.3 is 0 Å². The standard InChI is InChI=1S/C31H20BrN3.C28H20BrN3.2C19H12BrN3/c32-27-15-13-23(14-16-27)30-34-29(28-12-7-17-33-31(28)35-30)26-19-24(21-8-3-1-4-9-21)18-25(20-26)22-10-5-2-6-11-22;1-28(2)23-8-4-3-6-20(23)21-14-11-18(16-24(21)28)25-22-7-5-15-30-27(22)32-26(31-25)17-9-12-19(29)13-10-17;2*20-15-9-4-8-14(12-15)18-22-17(13-6-2-1-3-7-13)16-10-5-11-21-19(16)23-18/h1-20H;3-16H,1-2H3;2*1-12H/i;;1D,2D,3D,6D,7D;. The third-order valence-corrected chi connectivity index (χ3v) is 21.4. The fourth-order valence-corrected chi connectivity index (χ4v) is 15.2. The van der Waals surface area contributed by atoms with E-state index in [4.69, 9.17) is 31.8 Å². The molecule has 0 saturated carbocycles. The SMILES string of the molecule is Brc1ccc(-c2nc(-c3cc(-c4ccccc4)cc(-c4ccccc4)c3)c3cccnc3n2)cc1.Brc1cccc(-c2nc(-c3ccccc3)c3cccnc3n2)c1.CC1(C)c2ccccc2-c2ccc(-c3nc(-c4ccc(Br)cc4)nc4ncccc34)cc21.[2H]c1c([2H])c([2H])c(-c2nc(-c3cccc(Br)c3)nc3ncccc23)c([2H])c1[2H]. The Morgan fingerprint density at radius 1 is 0.239 bits per heavy atom. The minimum Gasteiger partial charge on any atom is -0.236 e. The van der Waals surface area contributed by atoms with Crippen LogP contribution in [0.2, 0.25) is 0 Å². The third kappa shape index (κ3) is 15.9. The quantitative estimate of drug-likeness (QED) is 0.128. The average Bonchev–Trinajstić information content (AvgIpc) is 1.55. The number of rotatable bonds is 10. The van der Waals surface area contributed by atoms with Crippen molar-refractivity contribution in [2.75, 3.05) is 0 Å². The molecular formula is C97H64Br4N12. The molecule has 0 fully saturated rings. The van der Waals surface area contributed by atoms with E-state index in [9.17, 15) is 0 Å². The van der Waals surface area contributed by atoms with Crippen molar-refractivity contribution in [1.82, 2.24) is 59.8 Å². The minimum absolute atomic E-state index is 0.0302. The molecule has 0 aliphatic heterocycles. The molecule has 0 unspecified atom stereocenters. The normalized spacial score (nSPS) is 12.3. The zero-order chi connectivity index (χ0) is 81.1. The zero-order valence-corrected chi connectivity index (χ0v) is 66.8. The van der Waals surface area contributed by atoms with Crippen LogP contribution < -0.4 is 0 Å². The van der Waals surface area contributed by atoms with Gasteiger partial charge in [-0.15, -0.1) is 0 Å². The van der Waals surface area contributed by atoms with Gasteiger partial charge < -0.3 is 0 Å². The molecule has 11 aromatic carbocycles. The van der Waals surface area contributed by atoms with Gasteiger partial charge in [-0.1, -0.05) is 284 Å². The number of halogens is 4. The van der Waals surface area contributed by atoms with Crippen LogP contribution in [0.1, 0.15) is 31.8 Å². The van der Waals surface area contributed by atoms with Gasteiger partial charge in [-0.2, -0.15) is 0 Å². The van der Waals surface area contributed by atoms with Crippen LogP contribution in [0.25, 0.3) is 168 Å². The van der Waals surface area contributed by atoms with Crippen LogP contribution in [0.3, 0.4) is 0 Å². The van der Waals surface area contributed by atoms with E-state index in [0.29, 0.717) is 51.3 Å². The maximum atomic E-state index is 8.30. The van der Waals surface area contributed by atoms with Crippen molar-refractivity contribution in [3.8, 4) is 124 Å². The number of hydrogen-bond acceptors (Lipinski definition) is 12. The Morgan fingerprint density at radius 2 is 0.593 bits per heavy atom. The van der Waals surface area contributed by atoms with Crippen molar-refractivity contribution < 1.29 is 6.85 Å². The van der Waals surface area contributed by atoms with Crippen LogP contribution in [-0.2, 0) is 5.41 Å². The van der Waals surface area contributed by atoms with Crippen molar-refractivity contribution in [2.24, 2.45) is 0 Å². The van der Waals surface area contributed by atoms with E-state index in [-0.39, 0.29) is 28.8 Å². The number of aromatic nitrogens is 12. The molecule has 0 bridgehead atoms. The second kappa shape index (κ2) is 32.7. The Hall–Kier alpha value is -12.7. The van der Waals surface area contributed by atoms with Crippen LogP contribution in [0, 0.1) is 0 Å². The summed E-state index contributed by atoms with van der Waals surface area (Å²) >= 11 is 13.9. The molecule has 1 aliphatic carbocycles. The predicted octanol–water partition coefficient (Wildman–Crippen LogP) is 26.1. The van der Waals surface area contributed by atoms with Crippen molar-refractivity contribution in [3.05, 3.63) is 381 Å². The van der Waals surface area contributed by atoms with Crippen LogP contribution in [-0.4, -0.2) is 59.8 Å². The topological polar surface area (TPSA) is 155 Å². The van der Waals surface area contributed by atoms with E-state index >= 15 is 0 Å². The summed E-state index contributed by atoms with van der Waals surface area (Å²) in [7, 11) is 0. The number of fused-ring (bicyclic) bond motifs is 7. The summed E-state index contributed by atoms with van der Waals surface area (Å²) in [5.41, 5.74) is 22.1. The Bertz CT molecular complexity index is 6960. The molecule has 1 aliphatic rings. The van der Waals surface area contributed by atoms with Gasteiger partial charge in [-0.3, -0.25) is 0 Å². The van der Waals surface area contributed by atoms with E-state index in [1.807, 2.05) is 158 Å². The maximum Gasteiger partial charge on any atom is 0.163 e. The van der Waals surface area contributed by atoms with Crippen molar-refractivity contribution in [2.45, 2.75) is 19.3 Å². The Kier molecular flexibility index (Phi) is 19.5. The van der Waals surface area contributed by atoms with Gasteiger partial charge in [0.2, 0.25) is 0 Å². The number of nitrogens with zero attached hydrogens (tertiary/aromatic N) is 12. The van der Waals surface area contributed by atoms with Gasteiger partial charge in [0.15, 0.2) is 45.9 Å². The van der Waals surface area contributed by atoms with Gasteiger partial charge in [0.1, 0.15) is 0 Å². The lowest BCUT2D eigenvalue weighted by atomic mass is 9.82. The fraction of sp³-hybridized carbons (Fsp3) is 0.0309. The first-order chi connectivity index (χ1) is 57.5. The molecule has 540 valence electrons. The molecule has 12 nitrogen and oxygen atoms in total. The van der Waals surface area contributed by atoms with Gasteiger partial charge in [-0.25, -0.2) is 59.8 Å². The van der Waals surface area contributed by atoms with E-state index in [1.54, 1.807) is 36.9 Å². The van der Waals surface area contributed by atoms with E-state index < -0.39 is 18.1 Å². The molecule has 0 amide bonds. The molecule has 16 heteroatoms. The summed E-state index contributed by atoms with van der Waals surface area (Å²) in [4.78, 5) is 56.0. The van der Waals surface area contributed by atoms with Gasteiger partial charge in [0.05, 0.1) is 29.6 Å². The average molecular weight is 1720 g/mol. The highest BCUT2D eigenvalue weighted by Crippen LogP contribution is 2.50. The molecule has 20 rings (SSSR count). The maximum absolute atomic E-state index is 8.30. The lowest BCUT2D eigenvalue weighted by Gasteiger charge is -2.22. The summed E-state index contributed by atoms with van der Waals surface area (Å²) < 4.78 is 44.2. The summed E-state index contributed by atoms with van der Waals surface area (Å²) in [6, 6.07) is 98.1. The molecule has 0 saturated heterocycles. The summed E-state index contributed by atoms with van der Waals surface area (Å²) in [6.45, 7) is 4.60. The lowest BCUT2D eigenvalue weighted by Crippen LogP contribution is -2.15. The fourth-order valence-electron chi connectivity index (χ4n) is 13.8. The van der Waals surface area contributed by atoms with Crippen LogP contribution in [0.15, 0.2) is 370 Å². The van der Waals surface area contributed by atoms with Crippen molar-refractivity contribution in [1.29, 1.82) is 0 Å². The molecule has 19 aromatic rings. The van der Waals surface area contributed by atoms with Crippen molar-refractivity contribution in [3.63, 3.8) is 0 Å². The van der Waals surface area contributed by atoms with Gasteiger partial charge in [-0.05, 0) is 166 Å². The predicted molar refractivity (Wildman–Crippen MR) is 472 cm³/mol. The second-order valence-electron chi connectivity index (χ2n) is 26.9. The molecule has 0 radical (unpaired) electrons. The summed E-state index contributed by atoms with van der Waals surface area (Å²) in [5, 5.41) is 3.36. The Balaban J connectivity index is 0.000000114. The van der Waals surface area contributed by atoms with Crippen molar-refractivity contribution >= 4 is 108 Å². The van der Waals surface area contributed by atoms with E-state index in [1.165, 1.54) is 22.3 Å². The number of pyridine rings is 4. The van der Waals surface area contributed by atoms with Crippen LogP contribution in [0.5, 0.6) is 0 Å². The van der Waals surface area contributed by atoms with E-state index in [2.05, 4.69) is 240 Å². The molecule has 8 heterocycles. The van der Waals surface area contributed by atoms with Crippen LogP contribution >= 0.6 is 63.7 Å². The number of hydrogen-bond donors (Lipinski definition) is 0. The molecule has 8 aromatic heterocycles. The molecule has 113 heavy (non-hydrogen) atoms. The smallest absolute Gasteiger partial charge is 0.163 e. The molecular weight excluding hydrogens is 1650 g/mol. The Labute approximate surface area is 693 Å². The largest absolute Gasteiger partial charge is 0.236 e. The van der Waals surface area contributed by atoms with Gasteiger partial charge in [0, 0.05) is 114 Å². The first kappa shape index (κ1) is 67.2. The Morgan fingerprint density at radius 3 is 1.04 bits per heavy atom. The highest BCUT2D eigenvalue weighted by molar-refractivity contribution is 9.11. The third-order valence-electron chi connectivity index (χ3n) is 19.3. The number of benzene rings is 11. The monoisotopic (exact) mass is 1720 g/mol. The molecule has 0 spiro atoms. The minimum atomic E-state index is -0.442. The first-order valence-corrected chi connectivity index (χ1v) is 39.3. The van der Waals surface area contributed by atoms with Gasteiger partial charge in [0.25, 0.3) is 0 Å². The highest BCUT2D eigenvalue weighted by atomic mass is 79.9. The first-order valence-electron chi connectivity index (χ1n) is 38.6. The van der Waals surface area contributed by atoms with E-state index in [0.717, 1.165) is 112 Å². The molecule has 0 atom stereocenters. The lowest BCUT2D eigenvalue weighted by molar-refractivity contribution is 0.660.